The lowest BCUT2D eigenvalue weighted by molar-refractivity contribution is -0.114. The molecule has 0 radical (unpaired) electrons. The molecule has 0 aliphatic rings. The first-order valence-corrected chi connectivity index (χ1v) is 7.25. The van der Waals surface area contributed by atoms with Crippen molar-refractivity contribution in [3.8, 4) is 6.07 Å². The molecule has 2 aromatic rings. The van der Waals surface area contributed by atoms with E-state index in [-0.39, 0.29) is 27.0 Å². The first-order chi connectivity index (χ1) is 11.3. The molecule has 2 amide bonds. The molecule has 0 aliphatic carbocycles. The lowest BCUT2D eigenvalue weighted by atomic mass is 10.2. The Hall–Kier alpha value is -2.99. The summed E-state index contributed by atoms with van der Waals surface area (Å²) in [5, 5.41) is 11.3. The average molecular weight is 393 g/mol. The van der Waals surface area contributed by atoms with Crippen LogP contribution in [0, 0.1) is 17.1 Å². The van der Waals surface area contributed by atoms with Crippen molar-refractivity contribution in [2.45, 2.75) is 0 Å². The van der Waals surface area contributed by atoms with Crippen LogP contribution in [0.3, 0.4) is 0 Å². The molecule has 0 spiro atoms. The molecular formula is C15H10BrFN4O3. The number of halogens is 2. The molecule has 24 heavy (non-hydrogen) atoms. The second-order valence-corrected chi connectivity index (χ2v) is 5.56. The summed E-state index contributed by atoms with van der Waals surface area (Å²) in [6.07, 6.45) is 1.29. The van der Waals surface area contributed by atoms with Gasteiger partial charge >= 0.3 is 0 Å². The first-order valence-electron chi connectivity index (χ1n) is 6.46. The van der Waals surface area contributed by atoms with Crippen molar-refractivity contribution in [2.75, 3.05) is 5.32 Å². The second kappa shape index (κ2) is 6.64. The number of nitrogens with one attached hydrogen (secondary N) is 1. The molecule has 0 unspecified atom stereocenters. The van der Waals surface area contributed by atoms with Gasteiger partial charge in [0.2, 0.25) is 0 Å². The van der Waals surface area contributed by atoms with Gasteiger partial charge < -0.3 is 15.6 Å². The largest absolute Gasteiger partial charge is 0.363 e. The second-order valence-electron chi connectivity index (χ2n) is 4.77. The van der Waals surface area contributed by atoms with Gasteiger partial charge in [-0.25, -0.2) is 4.39 Å². The predicted octanol–water partition coefficient (Wildman–Crippen LogP) is 1.72. The van der Waals surface area contributed by atoms with Gasteiger partial charge in [-0.3, -0.25) is 14.4 Å². The minimum Gasteiger partial charge on any atom is -0.363 e. The number of ketones is 1. The number of anilines is 1. The molecular weight excluding hydrogens is 383 g/mol. The maximum absolute atomic E-state index is 13.3. The van der Waals surface area contributed by atoms with Crippen LogP contribution in [0.5, 0.6) is 0 Å². The lowest BCUT2D eigenvalue weighted by Crippen LogP contribution is -2.23. The van der Waals surface area contributed by atoms with E-state index in [1.54, 1.807) is 6.07 Å². The number of benzene rings is 1. The van der Waals surface area contributed by atoms with Gasteiger partial charge in [0.25, 0.3) is 17.6 Å². The molecule has 1 heterocycles. The summed E-state index contributed by atoms with van der Waals surface area (Å²) in [7, 11) is 1.50. The number of Topliss-reactive ketones (excluding diaryl/α,β-unsaturated/α-hetero) is 1. The zero-order valence-corrected chi connectivity index (χ0v) is 13.8. The summed E-state index contributed by atoms with van der Waals surface area (Å²) in [6, 6.07) is 5.19. The number of primary amides is 1. The van der Waals surface area contributed by atoms with E-state index in [2.05, 4.69) is 21.2 Å². The summed E-state index contributed by atoms with van der Waals surface area (Å²) < 4.78 is 14.7. The topological polar surface area (TPSA) is 118 Å². The molecule has 0 saturated heterocycles. The standard InChI is InChI=1S/C15H10BrFN4O3/c1-21-6-9(13(22)14(19)23)11(16)12(21)15(24)20-8-2-3-10(17)7(4-8)5-18/h2-4,6H,1H3,(H2,19,23)(H,20,24). The quantitative estimate of drug-likeness (QED) is 0.607. The summed E-state index contributed by atoms with van der Waals surface area (Å²) in [5.74, 6) is -3.41. The Bertz CT molecular complexity index is 914. The van der Waals surface area contributed by atoms with Crippen molar-refractivity contribution in [3.63, 3.8) is 0 Å². The van der Waals surface area contributed by atoms with Gasteiger partial charge in [0.1, 0.15) is 17.6 Å². The van der Waals surface area contributed by atoms with Crippen LogP contribution in [0.15, 0.2) is 28.9 Å². The highest BCUT2D eigenvalue weighted by molar-refractivity contribution is 9.10. The molecule has 3 N–H and O–H groups in total. The molecule has 0 aliphatic heterocycles. The smallest absolute Gasteiger partial charge is 0.289 e. The minimum absolute atomic E-state index is 0.0491. The number of carbonyl (C=O) groups excluding carboxylic acids is 3. The number of aryl methyl sites for hydroxylation is 1. The number of rotatable bonds is 4. The van der Waals surface area contributed by atoms with E-state index >= 15 is 0 Å². The fraction of sp³-hybridized carbons (Fsp3) is 0.0667. The molecule has 1 aromatic carbocycles. The number of nitrogens with zero attached hydrogens (tertiary/aromatic N) is 2. The normalized spacial score (nSPS) is 10.1. The van der Waals surface area contributed by atoms with E-state index in [9.17, 15) is 18.8 Å². The van der Waals surface area contributed by atoms with Crippen molar-refractivity contribution in [2.24, 2.45) is 12.8 Å². The van der Waals surface area contributed by atoms with Crippen LogP contribution in [0.25, 0.3) is 0 Å². The van der Waals surface area contributed by atoms with Crippen molar-refractivity contribution in [1.29, 1.82) is 5.26 Å². The molecule has 2 rings (SSSR count). The van der Waals surface area contributed by atoms with Gasteiger partial charge in [-0.1, -0.05) is 0 Å². The minimum atomic E-state index is -1.15. The Morgan fingerprint density at radius 3 is 2.62 bits per heavy atom. The van der Waals surface area contributed by atoms with Crippen molar-refractivity contribution in [3.05, 3.63) is 51.5 Å². The number of nitrogens with two attached hydrogens (primary N) is 1. The van der Waals surface area contributed by atoms with E-state index in [0.29, 0.717) is 0 Å². The molecule has 9 heteroatoms. The molecule has 0 saturated carbocycles. The predicted molar refractivity (Wildman–Crippen MR) is 85.7 cm³/mol. The SMILES string of the molecule is Cn1cc(C(=O)C(N)=O)c(Br)c1C(=O)Nc1ccc(F)c(C#N)c1. The number of hydrogen-bond donors (Lipinski definition) is 2. The van der Waals surface area contributed by atoms with E-state index in [4.69, 9.17) is 11.0 Å². The van der Waals surface area contributed by atoms with Crippen molar-refractivity contribution in [1.82, 2.24) is 4.57 Å². The monoisotopic (exact) mass is 392 g/mol. The fourth-order valence-corrected chi connectivity index (χ4v) is 2.77. The maximum atomic E-state index is 13.3. The number of nitriles is 1. The summed E-state index contributed by atoms with van der Waals surface area (Å²) >= 11 is 3.10. The van der Waals surface area contributed by atoms with E-state index in [1.807, 2.05) is 0 Å². The highest BCUT2D eigenvalue weighted by Gasteiger charge is 2.25. The molecule has 1 aromatic heterocycles. The Kier molecular flexibility index (Phi) is 4.80. The number of hydrogen-bond acceptors (Lipinski definition) is 4. The summed E-state index contributed by atoms with van der Waals surface area (Å²) in [5.41, 5.74) is 4.95. The Morgan fingerprint density at radius 1 is 1.38 bits per heavy atom. The van der Waals surface area contributed by atoms with Gasteiger partial charge in [0, 0.05) is 18.9 Å². The Balaban J connectivity index is 2.36. The lowest BCUT2D eigenvalue weighted by Gasteiger charge is -2.07. The van der Waals surface area contributed by atoms with Gasteiger partial charge in [0.05, 0.1) is 15.6 Å². The van der Waals surface area contributed by atoms with Gasteiger partial charge in [-0.15, -0.1) is 0 Å². The molecule has 7 nitrogen and oxygen atoms in total. The average Bonchev–Trinajstić information content (AvgIpc) is 2.82. The van der Waals surface area contributed by atoms with Gasteiger partial charge in [-0.2, -0.15) is 5.26 Å². The molecule has 0 fully saturated rings. The van der Waals surface area contributed by atoms with Crippen LogP contribution in [0.2, 0.25) is 0 Å². The highest BCUT2D eigenvalue weighted by atomic mass is 79.9. The third-order valence-corrected chi connectivity index (χ3v) is 3.95. The van der Waals surface area contributed by atoms with E-state index in [0.717, 1.165) is 6.07 Å². The van der Waals surface area contributed by atoms with E-state index in [1.165, 1.54) is 29.9 Å². The third kappa shape index (κ3) is 3.18. The number of amides is 2. The first kappa shape index (κ1) is 17.4. The molecule has 0 atom stereocenters. The van der Waals surface area contributed by atoms with Crippen molar-refractivity contribution >= 4 is 39.2 Å². The molecule has 122 valence electrons. The van der Waals surface area contributed by atoms with Gasteiger partial charge in [-0.05, 0) is 34.1 Å². The van der Waals surface area contributed by atoms with Crippen molar-refractivity contribution < 1.29 is 18.8 Å². The maximum Gasteiger partial charge on any atom is 0.289 e. The summed E-state index contributed by atoms with van der Waals surface area (Å²) in [4.78, 5) is 35.1. The Morgan fingerprint density at radius 2 is 2.04 bits per heavy atom. The van der Waals surface area contributed by atoms with Crippen LogP contribution in [0.4, 0.5) is 10.1 Å². The van der Waals surface area contributed by atoms with Crippen LogP contribution in [-0.4, -0.2) is 22.2 Å². The van der Waals surface area contributed by atoms with Crippen LogP contribution in [0.1, 0.15) is 26.4 Å². The van der Waals surface area contributed by atoms with Gasteiger partial charge in [0.15, 0.2) is 0 Å². The zero-order valence-electron chi connectivity index (χ0n) is 12.3. The summed E-state index contributed by atoms with van der Waals surface area (Å²) in [6.45, 7) is 0. The number of carbonyl (C=O) groups is 3. The fourth-order valence-electron chi connectivity index (χ4n) is 2.03. The zero-order chi connectivity index (χ0) is 18.0. The molecule has 0 bridgehead atoms. The Labute approximate surface area is 144 Å². The van der Waals surface area contributed by atoms with Crippen LogP contribution < -0.4 is 11.1 Å². The third-order valence-electron chi connectivity index (χ3n) is 3.15. The van der Waals surface area contributed by atoms with Crippen LogP contribution in [-0.2, 0) is 11.8 Å². The van der Waals surface area contributed by atoms with Crippen LogP contribution >= 0.6 is 15.9 Å². The number of aromatic nitrogens is 1. The highest BCUT2D eigenvalue weighted by Crippen LogP contribution is 2.25. The van der Waals surface area contributed by atoms with E-state index < -0.39 is 23.4 Å².